The number of nitrogens with one attached hydrogen (secondary N) is 1. The zero-order valence-corrected chi connectivity index (χ0v) is 19.6. The van der Waals surface area contributed by atoms with E-state index < -0.39 is 5.82 Å². The predicted molar refractivity (Wildman–Crippen MR) is 134 cm³/mol. The second-order valence-corrected chi connectivity index (χ2v) is 9.51. The van der Waals surface area contributed by atoms with Crippen molar-refractivity contribution in [2.24, 2.45) is 5.73 Å². The number of rotatable bonds is 5. The SMILES string of the molecule is Cc1cnc(Nc2cc(-c3nc(N4CCCC(N)C4)c4c(C5CC5)cncc4n3)ccn2)c(F)c1. The maximum absolute atomic E-state index is 14.3. The van der Waals surface area contributed by atoms with E-state index in [1.807, 2.05) is 24.5 Å². The number of nitrogens with two attached hydrogens (primary N) is 1. The molecule has 6 rings (SSSR count). The van der Waals surface area contributed by atoms with Crippen molar-refractivity contribution < 1.29 is 4.39 Å². The van der Waals surface area contributed by atoms with Crippen molar-refractivity contribution in [3.63, 3.8) is 0 Å². The van der Waals surface area contributed by atoms with Gasteiger partial charge in [0.2, 0.25) is 0 Å². The van der Waals surface area contributed by atoms with E-state index in [9.17, 15) is 4.39 Å². The Labute approximate surface area is 202 Å². The van der Waals surface area contributed by atoms with E-state index in [-0.39, 0.29) is 11.9 Å². The number of fused-ring (bicyclic) bond motifs is 1. The molecular formula is C26H27FN8. The van der Waals surface area contributed by atoms with Gasteiger partial charge >= 0.3 is 0 Å². The lowest BCUT2D eigenvalue weighted by Crippen LogP contribution is -2.43. The Bertz CT molecular complexity index is 1400. The minimum absolute atomic E-state index is 0.122. The van der Waals surface area contributed by atoms with Crippen LogP contribution in [0.5, 0.6) is 0 Å². The van der Waals surface area contributed by atoms with Crippen LogP contribution < -0.4 is 16.0 Å². The monoisotopic (exact) mass is 470 g/mol. The summed E-state index contributed by atoms with van der Waals surface area (Å²) in [5.74, 6) is 2.17. The lowest BCUT2D eigenvalue weighted by Gasteiger charge is -2.33. The Hall–Kier alpha value is -3.72. The zero-order valence-electron chi connectivity index (χ0n) is 19.6. The Morgan fingerprint density at radius 1 is 1.09 bits per heavy atom. The number of aryl methyl sites for hydroxylation is 1. The van der Waals surface area contributed by atoms with Crippen molar-refractivity contribution in [1.82, 2.24) is 24.9 Å². The molecule has 0 amide bonds. The molecule has 178 valence electrons. The molecule has 5 heterocycles. The maximum atomic E-state index is 14.3. The molecule has 1 atom stereocenters. The van der Waals surface area contributed by atoms with Gasteiger partial charge in [-0.1, -0.05) is 0 Å². The first-order valence-corrected chi connectivity index (χ1v) is 12.1. The molecule has 3 N–H and O–H groups in total. The Morgan fingerprint density at radius 3 is 2.77 bits per heavy atom. The van der Waals surface area contributed by atoms with Crippen LogP contribution in [-0.4, -0.2) is 44.1 Å². The fourth-order valence-corrected chi connectivity index (χ4v) is 4.74. The molecular weight excluding hydrogens is 443 g/mol. The van der Waals surface area contributed by atoms with Crippen LogP contribution in [0.1, 0.15) is 42.7 Å². The van der Waals surface area contributed by atoms with E-state index in [1.165, 1.54) is 24.5 Å². The number of hydrogen-bond donors (Lipinski definition) is 2. The van der Waals surface area contributed by atoms with Crippen LogP contribution in [0.2, 0.25) is 0 Å². The summed E-state index contributed by atoms with van der Waals surface area (Å²) in [7, 11) is 0. The van der Waals surface area contributed by atoms with Gasteiger partial charge in [0, 0.05) is 48.7 Å². The highest BCUT2D eigenvalue weighted by Crippen LogP contribution is 2.45. The van der Waals surface area contributed by atoms with Crippen LogP contribution in [0.15, 0.2) is 43.0 Å². The summed E-state index contributed by atoms with van der Waals surface area (Å²) in [4.78, 5) is 25.2. The molecule has 4 aromatic rings. The van der Waals surface area contributed by atoms with Gasteiger partial charge < -0.3 is 16.0 Å². The van der Waals surface area contributed by atoms with Crippen LogP contribution in [0.4, 0.5) is 21.8 Å². The predicted octanol–water partition coefficient (Wildman–Crippen LogP) is 4.48. The third kappa shape index (κ3) is 4.39. The van der Waals surface area contributed by atoms with E-state index in [1.54, 1.807) is 19.3 Å². The number of hydrogen-bond acceptors (Lipinski definition) is 8. The van der Waals surface area contributed by atoms with Crippen LogP contribution in [0, 0.1) is 12.7 Å². The number of halogens is 1. The fraction of sp³-hybridized carbons (Fsp3) is 0.346. The second kappa shape index (κ2) is 8.81. The quantitative estimate of drug-likeness (QED) is 0.440. The lowest BCUT2D eigenvalue weighted by atomic mass is 10.0. The number of anilines is 3. The molecule has 1 saturated carbocycles. The number of pyridine rings is 3. The van der Waals surface area contributed by atoms with Crippen molar-refractivity contribution in [2.45, 2.75) is 44.6 Å². The summed E-state index contributed by atoms with van der Waals surface area (Å²) in [6.07, 6.45) is 11.4. The molecule has 2 fully saturated rings. The fourth-order valence-electron chi connectivity index (χ4n) is 4.74. The molecule has 9 heteroatoms. The first-order chi connectivity index (χ1) is 17.0. The van der Waals surface area contributed by atoms with Crippen molar-refractivity contribution >= 4 is 28.4 Å². The summed E-state index contributed by atoms with van der Waals surface area (Å²) in [5.41, 5.74) is 9.91. The third-order valence-corrected chi connectivity index (χ3v) is 6.63. The Balaban J connectivity index is 1.43. The van der Waals surface area contributed by atoms with Gasteiger partial charge in [0.15, 0.2) is 17.5 Å². The van der Waals surface area contributed by atoms with E-state index in [2.05, 4.69) is 25.2 Å². The molecule has 1 saturated heterocycles. The molecule has 35 heavy (non-hydrogen) atoms. The van der Waals surface area contributed by atoms with Crippen molar-refractivity contribution in [1.29, 1.82) is 0 Å². The van der Waals surface area contributed by atoms with Crippen molar-refractivity contribution in [3.05, 3.63) is 59.9 Å². The molecule has 1 aliphatic heterocycles. The molecule has 4 aromatic heterocycles. The highest BCUT2D eigenvalue weighted by Gasteiger charge is 2.30. The van der Waals surface area contributed by atoms with E-state index in [4.69, 9.17) is 15.7 Å². The largest absolute Gasteiger partial charge is 0.354 e. The van der Waals surface area contributed by atoms with Crippen molar-refractivity contribution in [3.8, 4) is 11.4 Å². The van der Waals surface area contributed by atoms with Gasteiger partial charge in [-0.05, 0) is 67.9 Å². The maximum Gasteiger partial charge on any atom is 0.167 e. The highest BCUT2D eigenvalue weighted by molar-refractivity contribution is 5.94. The average molecular weight is 471 g/mol. The summed E-state index contributed by atoms with van der Waals surface area (Å²) < 4.78 is 14.3. The summed E-state index contributed by atoms with van der Waals surface area (Å²) in [6.45, 7) is 3.47. The number of piperidine rings is 1. The Morgan fingerprint density at radius 2 is 1.97 bits per heavy atom. The first-order valence-electron chi connectivity index (χ1n) is 12.1. The minimum Gasteiger partial charge on any atom is -0.354 e. The van der Waals surface area contributed by atoms with Gasteiger partial charge in [-0.15, -0.1) is 0 Å². The van der Waals surface area contributed by atoms with Crippen LogP contribution in [0.3, 0.4) is 0 Å². The van der Waals surface area contributed by atoms with Gasteiger partial charge in [0.05, 0.1) is 11.7 Å². The molecule has 0 bridgehead atoms. The zero-order chi connectivity index (χ0) is 23.9. The average Bonchev–Trinajstić information content (AvgIpc) is 3.70. The van der Waals surface area contributed by atoms with E-state index in [0.29, 0.717) is 17.6 Å². The molecule has 0 radical (unpaired) electrons. The molecule has 1 unspecified atom stereocenters. The molecule has 8 nitrogen and oxygen atoms in total. The normalized spacial score (nSPS) is 18.1. The molecule has 1 aliphatic carbocycles. The standard InChI is InChI=1S/C26H27FN8/c1-15-9-20(27)25(31-11-15)33-22-10-17(6-7-30-22)24-32-21-13-29-12-19(16-4-5-16)23(21)26(34-24)35-8-2-3-18(28)14-35/h6-7,9-13,16,18H,2-5,8,14,28H2,1H3,(H,30,31,33). The van der Waals surface area contributed by atoms with Crippen LogP contribution >= 0.6 is 0 Å². The molecule has 0 aromatic carbocycles. The highest BCUT2D eigenvalue weighted by atomic mass is 19.1. The summed E-state index contributed by atoms with van der Waals surface area (Å²) in [5, 5.41) is 4.05. The Kier molecular flexibility index (Phi) is 5.49. The number of aromatic nitrogens is 5. The van der Waals surface area contributed by atoms with E-state index >= 15 is 0 Å². The van der Waals surface area contributed by atoms with Crippen LogP contribution in [-0.2, 0) is 0 Å². The molecule has 0 spiro atoms. The molecule has 2 aliphatic rings. The topological polar surface area (TPSA) is 106 Å². The number of nitrogens with zero attached hydrogens (tertiary/aromatic N) is 6. The lowest BCUT2D eigenvalue weighted by molar-refractivity contribution is 0.504. The van der Waals surface area contributed by atoms with Crippen LogP contribution in [0.25, 0.3) is 22.3 Å². The van der Waals surface area contributed by atoms with Gasteiger partial charge in [0.1, 0.15) is 11.6 Å². The van der Waals surface area contributed by atoms with Crippen molar-refractivity contribution in [2.75, 3.05) is 23.3 Å². The minimum atomic E-state index is -0.429. The van der Waals surface area contributed by atoms with Gasteiger partial charge in [-0.3, -0.25) is 4.98 Å². The van der Waals surface area contributed by atoms with Gasteiger partial charge in [0.25, 0.3) is 0 Å². The van der Waals surface area contributed by atoms with E-state index in [0.717, 1.165) is 53.8 Å². The second-order valence-electron chi connectivity index (χ2n) is 9.51. The van der Waals surface area contributed by atoms with Gasteiger partial charge in [-0.25, -0.2) is 24.3 Å². The third-order valence-electron chi connectivity index (χ3n) is 6.63. The smallest absolute Gasteiger partial charge is 0.167 e. The first kappa shape index (κ1) is 21.8. The summed E-state index contributed by atoms with van der Waals surface area (Å²) >= 11 is 0. The summed E-state index contributed by atoms with van der Waals surface area (Å²) in [6, 6.07) is 5.23. The van der Waals surface area contributed by atoms with Gasteiger partial charge in [-0.2, -0.15) is 0 Å².